The summed E-state index contributed by atoms with van der Waals surface area (Å²) in [6, 6.07) is 0.250. The number of nitrogens with one attached hydrogen (secondary N) is 2. The van der Waals surface area contributed by atoms with E-state index in [0.29, 0.717) is 5.16 Å². The number of hydrogen-bond acceptors (Lipinski definition) is 5. The van der Waals surface area contributed by atoms with E-state index in [1.165, 1.54) is 11.8 Å². The van der Waals surface area contributed by atoms with E-state index in [4.69, 9.17) is 5.84 Å². The standard InChI is InChI=1S/C7H11N5O2S/c8-9-5(13)3-15-7-11-10-6(14)12(7)4-1-2-4/h4H,1-3,8H2,(H,9,13)(H,10,14). The number of hydrazine groups is 1. The highest BCUT2D eigenvalue weighted by Gasteiger charge is 2.28. The molecule has 7 nitrogen and oxygen atoms in total. The molecule has 1 aromatic heterocycles. The Kier molecular flexibility index (Phi) is 2.78. The molecule has 1 heterocycles. The van der Waals surface area contributed by atoms with E-state index >= 15 is 0 Å². The second kappa shape index (κ2) is 4.07. The zero-order valence-electron chi connectivity index (χ0n) is 7.90. The van der Waals surface area contributed by atoms with Crippen molar-refractivity contribution in [1.82, 2.24) is 20.2 Å². The van der Waals surface area contributed by atoms with Crippen LogP contribution in [-0.4, -0.2) is 26.4 Å². The van der Waals surface area contributed by atoms with Crippen molar-refractivity contribution in [2.75, 3.05) is 5.75 Å². The first-order chi connectivity index (χ1) is 7.22. The lowest BCUT2D eigenvalue weighted by molar-refractivity contribution is -0.118. The Morgan fingerprint density at radius 1 is 1.73 bits per heavy atom. The van der Waals surface area contributed by atoms with Gasteiger partial charge in [-0.3, -0.25) is 14.8 Å². The monoisotopic (exact) mass is 229 g/mol. The fourth-order valence-electron chi connectivity index (χ4n) is 1.22. The summed E-state index contributed by atoms with van der Waals surface area (Å²) in [5.41, 5.74) is 1.81. The number of amides is 1. The van der Waals surface area contributed by atoms with Gasteiger partial charge in [0.1, 0.15) is 0 Å². The van der Waals surface area contributed by atoms with Gasteiger partial charge in [-0.1, -0.05) is 11.8 Å². The zero-order valence-corrected chi connectivity index (χ0v) is 8.71. The average molecular weight is 229 g/mol. The van der Waals surface area contributed by atoms with Crippen molar-refractivity contribution in [2.45, 2.75) is 24.0 Å². The average Bonchev–Trinajstić information content (AvgIpc) is 3.00. The van der Waals surface area contributed by atoms with Gasteiger partial charge in [0.05, 0.1) is 5.75 Å². The number of nitrogens with zero attached hydrogens (tertiary/aromatic N) is 2. The molecule has 1 aliphatic rings. The first-order valence-corrected chi connectivity index (χ1v) is 5.50. The fourth-order valence-corrected chi connectivity index (χ4v) is 2.04. The smallest absolute Gasteiger partial charge is 0.294 e. The third-order valence-electron chi connectivity index (χ3n) is 2.08. The molecule has 1 aromatic rings. The van der Waals surface area contributed by atoms with Gasteiger partial charge in [0.2, 0.25) is 5.91 Å². The van der Waals surface area contributed by atoms with E-state index in [1.807, 2.05) is 5.43 Å². The summed E-state index contributed by atoms with van der Waals surface area (Å²) < 4.78 is 1.59. The van der Waals surface area contributed by atoms with Gasteiger partial charge in [0.15, 0.2) is 5.16 Å². The summed E-state index contributed by atoms with van der Waals surface area (Å²) in [6.45, 7) is 0. The summed E-state index contributed by atoms with van der Waals surface area (Å²) in [4.78, 5) is 22.2. The van der Waals surface area contributed by atoms with Gasteiger partial charge in [-0.15, -0.1) is 5.10 Å². The summed E-state index contributed by atoms with van der Waals surface area (Å²) >= 11 is 1.20. The normalized spacial score (nSPS) is 15.3. The topological polar surface area (TPSA) is 106 Å². The van der Waals surface area contributed by atoms with Crippen molar-refractivity contribution in [3.63, 3.8) is 0 Å². The highest BCUT2D eigenvalue weighted by Crippen LogP contribution is 2.35. The van der Waals surface area contributed by atoms with Crippen LogP contribution in [0.5, 0.6) is 0 Å². The van der Waals surface area contributed by atoms with Crippen LogP contribution in [0.3, 0.4) is 0 Å². The lowest BCUT2D eigenvalue weighted by Crippen LogP contribution is -2.31. The third kappa shape index (κ3) is 2.21. The highest BCUT2D eigenvalue weighted by atomic mass is 32.2. The molecule has 4 N–H and O–H groups in total. The van der Waals surface area contributed by atoms with Crippen molar-refractivity contribution in [3.8, 4) is 0 Å². The van der Waals surface area contributed by atoms with Crippen LogP contribution in [0.25, 0.3) is 0 Å². The van der Waals surface area contributed by atoms with E-state index in [1.54, 1.807) is 4.57 Å². The minimum atomic E-state index is -0.294. The van der Waals surface area contributed by atoms with Crippen molar-refractivity contribution >= 4 is 17.7 Å². The second-order valence-corrected chi connectivity index (χ2v) is 4.21. The molecule has 2 rings (SSSR count). The molecular formula is C7H11N5O2S. The van der Waals surface area contributed by atoms with E-state index in [0.717, 1.165) is 12.8 Å². The molecule has 0 radical (unpaired) electrons. The highest BCUT2D eigenvalue weighted by molar-refractivity contribution is 7.99. The maximum Gasteiger partial charge on any atom is 0.344 e. The predicted octanol–water partition coefficient (Wildman–Crippen LogP) is -1.01. The lowest BCUT2D eigenvalue weighted by Gasteiger charge is -2.01. The second-order valence-electron chi connectivity index (χ2n) is 3.27. The molecule has 1 fully saturated rings. The van der Waals surface area contributed by atoms with Crippen LogP contribution in [0.2, 0.25) is 0 Å². The van der Waals surface area contributed by atoms with Crippen molar-refractivity contribution in [2.24, 2.45) is 5.84 Å². The van der Waals surface area contributed by atoms with Gasteiger partial charge in [0.25, 0.3) is 0 Å². The van der Waals surface area contributed by atoms with Gasteiger partial charge in [-0.05, 0) is 12.8 Å². The predicted molar refractivity (Wildman–Crippen MR) is 54.2 cm³/mol. The number of nitrogens with two attached hydrogens (primary N) is 1. The molecule has 0 atom stereocenters. The Morgan fingerprint density at radius 3 is 3.07 bits per heavy atom. The van der Waals surface area contributed by atoms with E-state index < -0.39 is 0 Å². The summed E-state index contributed by atoms with van der Waals surface area (Å²) in [6.07, 6.45) is 1.99. The third-order valence-corrected chi connectivity index (χ3v) is 3.03. The van der Waals surface area contributed by atoms with Gasteiger partial charge in [0, 0.05) is 6.04 Å². The molecule has 82 valence electrons. The van der Waals surface area contributed by atoms with Gasteiger partial charge >= 0.3 is 5.69 Å². The van der Waals surface area contributed by atoms with Gasteiger partial charge in [-0.2, -0.15) is 0 Å². The van der Waals surface area contributed by atoms with Crippen LogP contribution >= 0.6 is 11.8 Å². The number of carbonyl (C=O) groups is 1. The molecular weight excluding hydrogens is 218 g/mol. The van der Waals surface area contributed by atoms with E-state index in [2.05, 4.69) is 10.2 Å². The largest absolute Gasteiger partial charge is 0.344 e. The Balaban J connectivity index is 2.07. The maximum absolute atomic E-state index is 11.3. The minimum Gasteiger partial charge on any atom is -0.294 e. The quantitative estimate of drug-likeness (QED) is 0.265. The van der Waals surface area contributed by atoms with Gasteiger partial charge < -0.3 is 0 Å². The fraction of sp³-hybridized carbons (Fsp3) is 0.571. The molecule has 0 saturated heterocycles. The zero-order chi connectivity index (χ0) is 10.8. The number of aromatic amines is 1. The van der Waals surface area contributed by atoms with Crippen LogP contribution < -0.4 is 17.0 Å². The number of carbonyl (C=O) groups excluding carboxylic acids is 1. The summed E-state index contributed by atoms with van der Waals surface area (Å²) in [5, 5.41) is 6.77. The van der Waals surface area contributed by atoms with Crippen LogP contribution in [-0.2, 0) is 4.79 Å². The van der Waals surface area contributed by atoms with Crippen LogP contribution in [0.1, 0.15) is 18.9 Å². The number of thioether (sulfide) groups is 1. The Bertz CT molecular complexity index is 421. The number of rotatable bonds is 4. The molecule has 15 heavy (non-hydrogen) atoms. The van der Waals surface area contributed by atoms with Crippen LogP contribution in [0.4, 0.5) is 0 Å². The molecule has 0 bridgehead atoms. The molecule has 0 aliphatic heterocycles. The minimum absolute atomic E-state index is 0.160. The van der Waals surface area contributed by atoms with Crippen molar-refractivity contribution in [1.29, 1.82) is 0 Å². The van der Waals surface area contributed by atoms with E-state index in [9.17, 15) is 9.59 Å². The summed E-state index contributed by atoms with van der Waals surface area (Å²) in [7, 11) is 0. The van der Waals surface area contributed by atoms with Gasteiger partial charge in [-0.25, -0.2) is 15.7 Å². The molecule has 1 saturated carbocycles. The lowest BCUT2D eigenvalue weighted by atomic mass is 10.7. The Hall–Kier alpha value is -1.28. The first kappa shape index (κ1) is 10.2. The molecule has 0 unspecified atom stereocenters. The van der Waals surface area contributed by atoms with Crippen molar-refractivity contribution in [3.05, 3.63) is 10.5 Å². The van der Waals surface area contributed by atoms with E-state index in [-0.39, 0.29) is 23.4 Å². The summed E-state index contributed by atoms with van der Waals surface area (Å²) in [5.74, 6) is 4.81. The first-order valence-electron chi connectivity index (χ1n) is 4.51. The van der Waals surface area contributed by atoms with Crippen LogP contribution in [0.15, 0.2) is 9.95 Å². The maximum atomic E-state index is 11.3. The van der Waals surface area contributed by atoms with Crippen LogP contribution in [0, 0.1) is 0 Å². The Morgan fingerprint density at radius 2 is 2.47 bits per heavy atom. The number of aromatic nitrogens is 3. The molecule has 1 amide bonds. The SMILES string of the molecule is NNC(=O)CSc1n[nH]c(=O)n1C1CC1. The number of H-pyrrole nitrogens is 1. The Labute approximate surface area is 89.4 Å². The van der Waals surface area contributed by atoms with Crippen molar-refractivity contribution < 1.29 is 4.79 Å². The molecule has 8 heteroatoms. The number of hydrogen-bond donors (Lipinski definition) is 3. The molecule has 1 aliphatic carbocycles. The molecule has 0 aromatic carbocycles. The molecule has 0 spiro atoms.